The molecule has 0 aliphatic carbocycles. The maximum atomic E-state index is 9.27. The molecular formula is C7H13ClO3P+. The van der Waals surface area contributed by atoms with Gasteiger partial charge in [-0.15, -0.1) is 6.58 Å². The molecule has 0 spiro atoms. The minimum absolute atomic E-state index is 0.167. The molecule has 0 radical (unpaired) electrons. The molecule has 0 aromatic rings. The van der Waals surface area contributed by atoms with Crippen LogP contribution in [0.3, 0.4) is 0 Å². The third kappa shape index (κ3) is 1.98. The second-order valence-electron chi connectivity index (χ2n) is 3.18. The third-order valence-electron chi connectivity index (χ3n) is 2.22. The van der Waals surface area contributed by atoms with Crippen LogP contribution in [-0.4, -0.2) is 17.6 Å². The highest BCUT2D eigenvalue weighted by molar-refractivity contribution is 7.86. The minimum Gasteiger partial charge on any atom is -0.178 e. The molecule has 5 heteroatoms. The van der Waals surface area contributed by atoms with Crippen LogP contribution in [0.1, 0.15) is 13.8 Å². The van der Waals surface area contributed by atoms with E-state index in [1.54, 1.807) is 6.08 Å². The van der Waals surface area contributed by atoms with Crippen LogP contribution in [0.2, 0.25) is 0 Å². The fourth-order valence-electron chi connectivity index (χ4n) is 0.907. The third-order valence-corrected chi connectivity index (χ3v) is 3.77. The van der Waals surface area contributed by atoms with E-state index in [0.717, 1.165) is 0 Å². The zero-order valence-corrected chi connectivity index (χ0v) is 8.81. The van der Waals surface area contributed by atoms with Crippen molar-refractivity contribution in [1.29, 1.82) is 0 Å². The lowest BCUT2D eigenvalue weighted by atomic mass is 9.86. The summed E-state index contributed by atoms with van der Waals surface area (Å²) in [7, 11) is -3.06. The van der Waals surface area contributed by atoms with Crippen molar-refractivity contribution in [1.82, 2.24) is 0 Å². The number of halogens is 1. The fraction of sp³-hybridized carbons (Fsp3) is 0.714. The van der Waals surface area contributed by atoms with Crippen LogP contribution in [0.15, 0.2) is 12.7 Å². The highest BCUT2D eigenvalue weighted by atomic mass is 35.7. The number of rotatable bonds is 1. The van der Waals surface area contributed by atoms with Gasteiger partial charge in [0.2, 0.25) is 0 Å². The Morgan fingerprint density at radius 2 is 2.42 bits per heavy atom. The minimum atomic E-state index is -3.06. The fourth-order valence-corrected chi connectivity index (χ4v) is 2.54. The first-order valence-corrected chi connectivity index (χ1v) is 6.16. The van der Waals surface area contributed by atoms with Gasteiger partial charge < -0.3 is 0 Å². The largest absolute Gasteiger partial charge is 0.522 e. The molecule has 1 rings (SSSR count). The summed E-state index contributed by atoms with van der Waals surface area (Å²) >= 11 is 5.54. The summed E-state index contributed by atoms with van der Waals surface area (Å²) in [5.74, 6) is 0. The quantitative estimate of drug-likeness (QED) is 0.535. The summed E-state index contributed by atoms with van der Waals surface area (Å²) in [6.45, 7) is 7.82. The van der Waals surface area contributed by atoms with Crippen molar-refractivity contribution in [2.75, 3.05) is 6.61 Å². The molecular weight excluding hydrogens is 199 g/mol. The van der Waals surface area contributed by atoms with Crippen LogP contribution in [0.25, 0.3) is 0 Å². The molecule has 3 atom stereocenters. The summed E-state index contributed by atoms with van der Waals surface area (Å²) in [5.41, 5.74) is -0.263. The molecule has 1 N–H and O–H groups in total. The average molecular weight is 212 g/mol. The van der Waals surface area contributed by atoms with Gasteiger partial charge >= 0.3 is 7.30 Å². The standard InChI is InChI=1S/C7H13ClO3P/c1-4-7(3)5-10-12(8,9)11-6(7)2/h4,6,9H,1,5H2,2-3H3/q+1. The van der Waals surface area contributed by atoms with Gasteiger partial charge in [0.25, 0.3) is 0 Å². The van der Waals surface area contributed by atoms with E-state index in [4.69, 9.17) is 20.3 Å². The Labute approximate surface area is 77.7 Å². The van der Waals surface area contributed by atoms with Crippen LogP contribution in [0, 0.1) is 5.41 Å². The van der Waals surface area contributed by atoms with E-state index >= 15 is 0 Å². The Hall–Kier alpha value is 0.340. The van der Waals surface area contributed by atoms with Crippen molar-refractivity contribution in [2.45, 2.75) is 20.0 Å². The molecule has 1 fully saturated rings. The van der Waals surface area contributed by atoms with Gasteiger partial charge in [0.15, 0.2) is 11.2 Å². The van der Waals surface area contributed by atoms with Crippen LogP contribution in [0.5, 0.6) is 0 Å². The lowest BCUT2D eigenvalue weighted by Gasteiger charge is -2.34. The Bertz CT molecular complexity index is 197. The normalized spacial score (nSPS) is 48.8. The molecule has 0 amide bonds. The van der Waals surface area contributed by atoms with Gasteiger partial charge in [0.1, 0.15) is 12.7 Å². The average Bonchev–Trinajstić information content (AvgIpc) is 1.97. The predicted molar refractivity (Wildman–Crippen MR) is 49.8 cm³/mol. The monoisotopic (exact) mass is 211 g/mol. The van der Waals surface area contributed by atoms with Gasteiger partial charge in [-0.1, -0.05) is 13.0 Å². The summed E-state index contributed by atoms with van der Waals surface area (Å²) in [6.07, 6.45) is 1.59. The Balaban J connectivity index is 2.72. The lowest BCUT2D eigenvalue weighted by Crippen LogP contribution is -2.38. The Morgan fingerprint density at radius 3 is 2.83 bits per heavy atom. The molecule has 0 aromatic carbocycles. The van der Waals surface area contributed by atoms with E-state index in [2.05, 4.69) is 6.58 Å². The second kappa shape index (κ2) is 3.24. The number of hydrogen-bond acceptors (Lipinski definition) is 3. The predicted octanol–water partition coefficient (Wildman–Crippen LogP) is 2.52. The maximum Gasteiger partial charge on any atom is 0.522 e. The Morgan fingerprint density at radius 1 is 1.83 bits per heavy atom. The van der Waals surface area contributed by atoms with Crippen molar-refractivity contribution in [3.8, 4) is 0 Å². The van der Waals surface area contributed by atoms with E-state index in [9.17, 15) is 4.89 Å². The molecule has 1 saturated heterocycles. The van der Waals surface area contributed by atoms with Gasteiger partial charge in [-0.2, -0.15) is 13.9 Å². The zero-order valence-electron chi connectivity index (χ0n) is 7.16. The van der Waals surface area contributed by atoms with Crippen molar-refractivity contribution in [3.63, 3.8) is 0 Å². The first kappa shape index (κ1) is 10.4. The zero-order chi connectivity index (χ0) is 9.41. The maximum absolute atomic E-state index is 9.27. The molecule has 12 heavy (non-hydrogen) atoms. The Kier molecular flexibility index (Phi) is 2.81. The van der Waals surface area contributed by atoms with Crippen LogP contribution in [-0.2, 0) is 9.05 Å². The molecule has 0 bridgehead atoms. The topological polar surface area (TPSA) is 38.7 Å². The van der Waals surface area contributed by atoms with Crippen molar-refractivity contribution in [2.24, 2.45) is 5.41 Å². The second-order valence-corrected chi connectivity index (χ2v) is 5.84. The van der Waals surface area contributed by atoms with Gasteiger partial charge in [-0.05, 0) is 6.92 Å². The highest BCUT2D eigenvalue weighted by Crippen LogP contribution is 2.67. The molecule has 1 heterocycles. The summed E-state index contributed by atoms with van der Waals surface area (Å²) in [5, 5.41) is 0. The smallest absolute Gasteiger partial charge is 0.178 e. The van der Waals surface area contributed by atoms with Gasteiger partial charge in [0, 0.05) is 5.41 Å². The van der Waals surface area contributed by atoms with E-state index in [1.165, 1.54) is 0 Å². The summed E-state index contributed by atoms with van der Waals surface area (Å²) in [6, 6.07) is 0. The SMILES string of the molecule is C=CC1(C)CO[P+](O)(Cl)OC1C. The number of hydrogen-bond donors (Lipinski definition) is 1. The summed E-state index contributed by atoms with van der Waals surface area (Å²) < 4.78 is 10.1. The van der Waals surface area contributed by atoms with Crippen molar-refractivity contribution >= 4 is 18.5 Å². The lowest BCUT2D eigenvalue weighted by molar-refractivity contribution is -0.00308. The van der Waals surface area contributed by atoms with Gasteiger partial charge in [-0.3, -0.25) is 0 Å². The van der Waals surface area contributed by atoms with E-state index < -0.39 is 7.30 Å². The first-order valence-electron chi connectivity index (χ1n) is 3.68. The highest BCUT2D eigenvalue weighted by Gasteiger charge is 2.53. The molecule has 70 valence electrons. The molecule has 0 saturated carbocycles. The molecule has 3 unspecified atom stereocenters. The van der Waals surface area contributed by atoms with Crippen LogP contribution in [0.4, 0.5) is 0 Å². The van der Waals surface area contributed by atoms with Gasteiger partial charge in [0.05, 0.1) is 0 Å². The van der Waals surface area contributed by atoms with Crippen LogP contribution >= 0.6 is 18.5 Å². The van der Waals surface area contributed by atoms with Gasteiger partial charge in [-0.25, -0.2) is 0 Å². The van der Waals surface area contributed by atoms with Crippen molar-refractivity contribution in [3.05, 3.63) is 12.7 Å². The summed E-state index contributed by atoms with van der Waals surface area (Å²) in [4.78, 5) is 9.27. The van der Waals surface area contributed by atoms with E-state index in [-0.39, 0.29) is 11.5 Å². The first-order chi connectivity index (χ1) is 5.40. The molecule has 0 aromatic heterocycles. The molecule has 1 aliphatic heterocycles. The van der Waals surface area contributed by atoms with Crippen molar-refractivity contribution < 1.29 is 13.9 Å². The molecule has 1 aliphatic rings. The van der Waals surface area contributed by atoms with E-state index in [0.29, 0.717) is 6.61 Å². The molecule has 3 nitrogen and oxygen atoms in total. The van der Waals surface area contributed by atoms with E-state index in [1.807, 2.05) is 13.8 Å². The van der Waals surface area contributed by atoms with Crippen LogP contribution < -0.4 is 0 Å².